The van der Waals surface area contributed by atoms with Gasteiger partial charge in [-0.05, 0) is 30.7 Å². The van der Waals surface area contributed by atoms with Gasteiger partial charge in [-0.2, -0.15) is 0 Å². The van der Waals surface area contributed by atoms with Crippen LogP contribution in [-0.4, -0.2) is 28.9 Å². The van der Waals surface area contributed by atoms with Gasteiger partial charge in [-0.25, -0.2) is 0 Å². The summed E-state index contributed by atoms with van der Waals surface area (Å²) in [5, 5.41) is 14.1. The standard InChI is InChI=1S/C15H21NO3S/c17-14(18)9-8-12(15(19)13-7-4-10-20-13)16-11-5-2-1-3-6-11/h4,7,10-12,16H,1-3,5-6,8-9H2,(H,17,18). The van der Waals surface area contributed by atoms with Crippen molar-refractivity contribution in [2.75, 3.05) is 0 Å². The lowest BCUT2D eigenvalue weighted by Gasteiger charge is -2.27. The van der Waals surface area contributed by atoms with Gasteiger partial charge in [0.25, 0.3) is 0 Å². The molecule has 1 atom stereocenters. The summed E-state index contributed by atoms with van der Waals surface area (Å²) >= 11 is 1.42. The number of carboxylic acids is 1. The number of carboxylic acid groups (broad SMARTS) is 1. The van der Waals surface area contributed by atoms with Gasteiger partial charge in [0.15, 0.2) is 5.78 Å². The number of thiophene rings is 1. The van der Waals surface area contributed by atoms with E-state index in [0.29, 0.717) is 17.3 Å². The number of Topliss-reactive ketones (excluding diaryl/α,β-unsaturated/α-hetero) is 1. The fourth-order valence-electron chi connectivity index (χ4n) is 2.70. The summed E-state index contributed by atoms with van der Waals surface area (Å²) in [7, 11) is 0. The van der Waals surface area contributed by atoms with E-state index >= 15 is 0 Å². The van der Waals surface area contributed by atoms with Crippen LogP contribution in [-0.2, 0) is 4.79 Å². The molecule has 20 heavy (non-hydrogen) atoms. The minimum absolute atomic E-state index is 0.0293. The van der Waals surface area contributed by atoms with Crippen LogP contribution in [0.15, 0.2) is 17.5 Å². The van der Waals surface area contributed by atoms with Crippen LogP contribution in [0.2, 0.25) is 0 Å². The first-order valence-electron chi connectivity index (χ1n) is 7.22. The van der Waals surface area contributed by atoms with Crippen LogP contribution in [0.3, 0.4) is 0 Å². The summed E-state index contributed by atoms with van der Waals surface area (Å²) in [5.74, 6) is -0.814. The Kier molecular flexibility index (Phi) is 5.73. The molecule has 1 heterocycles. The van der Waals surface area contributed by atoms with Crippen molar-refractivity contribution in [3.05, 3.63) is 22.4 Å². The fourth-order valence-corrected chi connectivity index (χ4v) is 3.42. The zero-order valence-electron chi connectivity index (χ0n) is 11.5. The Balaban J connectivity index is 1.99. The number of nitrogens with one attached hydrogen (secondary N) is 1. The topological polar surface area (TPSA) is 66.4 Å². The molecule has 0 spiro atoms. The van der Waals surface area contributed by atoms with Gasteiger partial charge in [0.05, 0.1) is 10.9 Å². The summed E-state index contributed by atoms with van der Waals surface area (Å²) in [5.41, 5.74) is 0. The number of hydrogen-bond acceptors (Lipinski definition) is 4. The minimum atomic E-state index is -0.848. The maximum atomic E-state index is 12.4. The molecular weight excluding hydrogens is 274 g/mol. The second-order valence-corrected chi connectivity index (χ2v) is 6.28. The molecule has 2 rings (SSSR count). The molecule has 0 amide bonds. The Hall–Kier alpha value is -1.20. The zero-order valence-corrected chi connectivity index (χ0v) is 12.3. The highest BCUT2D eigenvalue weighted by atomic mass is 32.1. The zero-order chi connectivity index (χ0) is 14.4. The lowest BCUT2D eigenvalue weighted by molar-refractivity contribution is -0.137. The highest BCUT2D eigenvalue weighted by Crippen LogP contribution is 2.20. The smallest absolute Gasteiger partial charge is 0.303 e. The molecule has 0 bridgehead atoms. The lowest BCUT2D eigenvalue weighted by atomic mass is 9.93. The minimum Gasteiger partial charge on any atom is -0.481 e. The molecule has 0 aromatic carbocycles. The van der Waals surface area contributed by atoms with E-state index in [2.05, 4.69) is 5.32 Å². The highest BCUT2D eigenvalue weighted by Gasteiger charge is 2.25. The first-order chi connectivity index (χ1) is 9.66. The molecule has 0 aliphatic heterocycles. The summed E-state index contributed by atoms with van der Waals surface area (Å²) in [6.07, 6.45) is 6.20. The molecule has 1 aliphatic rings. The third-order valence-corrected chi connectivity index (χ3v) is 4.65. The molecule has 4 nitrogen and oxygen atoms in total. The number of rotatable bonds is 7. The first-order valence-corrected chi connectivity index (χ1v) is 8.10. The quantitative estimate of drug-likeness (QED) is 0.759. The first kappa shape index (κ1) is 15.2. The van der Waals surface area contributed by atoms with Crippen molar-refractivity contribution in [1.29, 1.82) is 0 Å². The van der Waals surface area contributed by atoms with Gasteiger partial charge in [0.2, 0.25) is 0 Å². The monoisotopic (exact) mass is 295 g/mol. The van der Waals surface area contributed by atoms with Gasteiger partial charge in [-0.3, -0.25) is 9.59 Å². The van der Waals surface area contributed by atoms with Crippen molar-refractivity contribution in [1.82, 2.24) is 5.32 Å². The summed E-state index contributed by atoms with van der Waals surface area (Å²) in [4.78, 5) is 23.9. The number of carbonyl (C=O) groups is 2. The SMILES string of the molecule is O=C(O)CCC(NC1CCCCC1)C(=O)c1cccs1. The van der Waals surface area contributed by atoms with E-state index in [1.54, 1.807) is 0 Å². The Bertz CT molecular complexity index is 438. The van der Waals surface area contributed by atoms with Crippen molar-refractivity contribution in [3.8, 4) is 0 Å². The van der Waals surface area contributed by atoms with E-state index in [-0.39, 0.29) is 18.2 Å². The highest BCUT2D eigenvalue weighted by molar-refractivity contribution is 7.12. The number of carbonyl (C=O) groups excluding carboxylic acids is 1. The molecule has 2 N–H and O–H groups in total. The van der Waals surface area contributed by atoms with Crippen LogP contribution in [0, 0.1) is 0 Å². The number of ketones is 1. The van der Waals surface area contributed by atoms with Crippen molar-refractivity contribution in [2.45, 2.75) is 57.0 Å². The molecule has 5 heteroatoms. The van der Waals surface area contributed by atoms with Crippen LogP contribution >= 0.6 is 11.3 Å². The molecule has 1 aliphatic carbocycles. The molecule has 1 aromatic rings. The summed E-state index contributed by atoms with van der Waals surface area (Å²) in [6.45, 7) is 0. The molecule has 1 saturated carbocycles. The van der Waals surface area contributed by atoms with Gasteiger partial charge >= 0.3 is 5.97 Å². The van der Waals surface area contributed by atoms with E-state index in [1.165, 1.54) is 30.6 Å². The number of hydrogen-bond donors (Lipinski definition) is 2. The molecule has 0 saturated heterocycles. The predicted molar refractivity (Wildman–Crippen MR) is 79.3 cm³/mol. The Morgan fingerprint density at radius 1 is 1.35 bits per heavy atom. The third-order valence-electron chi connectivity index (χ3n) is 3.77. The molecule has 1 unspecified atom stereocenters. The van der Waals surface area contributed by atoms with E-state index in [9.17, 15) is 9.59 Å². The molecule has 0 radical (unpaired) electrons. The van der Waals surface area contributed by atoms with Gasteiger partial charge < -0.3 is 10.4 Å². The van der Waals surface area contributed by atoms with Gasteiger partial charge in [-0.1, -0.05) is 25.3 Å². The molecular formula is C15H21NO3S. The fraction of sp³-hybridized carbons (Fsp3) is 0.600. The van der Waals surface area contributed by atoms with Crippen molar-refractivity contribution in [3.63, 3.8) is 0 Å². The van der Waals surface area contributed by atoms with Gasteiger partial charge in [0, 0.05) is 12.5 Å². The van der Waals surface area contributed by atoms with Crippen LogP contribution in [0.1, 0.15) is 54.6 Å². The number of aliphatic carboxylic acids is 1. The van der Waals surface area contributed by atoms with Crippen LogP contribution in [0.4, 0.5) is 0 Å². The largest absolute Gasteiger partial charge is 0.481 e. The second kappa shape index (κ2) is 7.55. The second-order valence-electron chi connectivity index (χ2n) is 5.33. The lowest BCUT2D eigenvalue weighted by Crippen LogP contribution is -2.44. The van der Waals surface area contributed by atoms with E-state index < -0.39 is 5.97 Å². The van der Waals surface area contributed by atoms with Crippen molar-refractivity contribution < 1.29 is 14.7 Å². The maximum Gasteiger partial charge on any atom is 0.303 e. The summed E-state index contributed by atoms with van der Waals surface area (Å²) in [6, 6.07) is 3.65. The van der Waals surface area contributed by atoms with Crippen LogP contribution < -0.4 is 5.32 Å². The Morgan fingerprint density at radius 2 is 2.10 bits per heavy atom. The summed E-state index contributed by atoms with van der Waals surface area (Å²) < 4.78 is 0. The molecule has 1 fully saturated rings. The van der Waals surface area contributed by atoms with Crippen molar-refractivity contribution >= 4 is 23.1 Å². The molecule has 1 aromatic heterocycles. The van der Waals surface area contributed by atoms with E-state index in [0.717, 1.165) is 12.8 Å². The van der Waals surface area contributed by atoms with E-state index in [4.69, 9.17) is 5.11 Å². The third kappa shape index (κ3) is 4.42. The average Bonchev–Trinajstić information content (AvgIpc) is 2.97. The normalized spacial score (nSPS) is 17.8. The van der Waals surface area contributed by atoms with Crippen LogP contribution in [0.5, 0.6) is 0 Å². The van der Waals surface area contributed by atoms with Gasteiger partial charge in [0.1, 0.15) is 0 Å². The Morgan fingerprint density at radius 3 is 2.70 bits per heavy atom. The average molecular weight is 295 g/mol. The maximum absolute atomic E-state index is 12.4. The van der Waals surface area contributed by atoms with E-state index in [1.807, 2.05) is 17.5 Å². The predicted octanol–water partition coefficient (Wildman–Crippen LogP) is 3.09. The molecule has 110 valence electrons. The Labute approximate surface area is 123 Å². The van der Waals surface area contributed by atoms with Crippen LogP contribution in [0.25, 0.3) is 0 Å². The van der Waals surface area contributed by atoms with Crippen molar-refractivity contribution in [2.24, 2.45) is 0 Å². The van der Waals surface area contributed by atoms with Gasteiger partial charge in [-0.15, -0.1) is 11.3 Å².